The molecule has 0 unspecified atom stereocenters. The summed E-state index contributed by atoms with van der Waals surface area (Å²) in [6.45, 7) is 2.65. The molecule has 113 heavy (non-hydrogen) atoms. The largest absolute Gasteiger partial charge is 0.356 e. The van der Waals surface area contributed by atoms with Crippen molar-refractivity contribution in [1.82, 2.24) is 90.6 Å². The van der Waals surface area contributed by atoms with Crippen molar-refractivity contribution in [3.05, 3.63) is 276 Å². The van der Waals surface area contributed by atoms with Crippen LogP contribution in [-0.4, -0.2) is 97.1 Å². The molecular weight excluding hydrogens is 1550 g/mol. The van der Waals surface area contributed by atoms with Gasteiger partial charge in [0, 0.05) is 142 Å². The number of aromatic nitrogens is 18. The van der Waals surface area contributed by atoms with Crippen LogP contribution in [0.5, 0.6) is 0 Å². The Morgan fingerprint density at radius 1 is 0.310 bits per heavy atom. The second kappa shape index (κ2) is 31.9. The standard InChI is InChI=1S/C17H13F2N5O.C16H9Cl2N3O.C16H9F2N3O.C15H8Cl2N4O.C15H8F2N4O/c1-2-20-17-22-7-12-10(6-21-16(12)24-17)15-11(8-23-25-15)9-4-3-5-13(18)14(9)19;2*17-13-5-1-3-9(14(13)18)12-8-21-22-15(12)11-7-20-16-10(11)4-2-6-19-16;2*16-11-3-1-2-8(12(11)17)9-7-21-22-14(9)10-6-20-15-13(10)18-4-5-19-15/h3-8H,2H2,1H3,(H2,20,21,22,24);2*1-8H,(H,19,20);2*1-7H,(H,19,20). The van der Waals surface area contributed by atoms with Gasteiger partial charge in [-0.25, -0.2) is 51.3 Å². The summed E-state index contributed by atoms with van der Waals surface area (Å²) in [6.07, 6.45) is 27.4. The first-order chi connectivity index (χ1) is 55.2. The smallest absolute Gasteiger partial charge is 0.224 e. The number of nitrogens with zero attached hydrogens (tertiary/aromatic N) is 13. The van der Waals surface area contributed by atoms with Gasteiger partial charge in [-0.15, -0.1) is 0 Å². The third kappa shape index (κ3) is 14.3. The molecule has 0 spiro atoms. The maximum atomic E-state index is 14.2. The molecule has 0 fully saturated rings. The Balaban J connectivity index is 0.000000107. The van der Waals surface area contributed by atoms with Crippen LogP contribution < -0.4 is 5.32 Å². The summed E-state index contributed by atoms with van der Waals surface area (Å²) in [5, 5.41) is 26.4. The minimum absolute atomic E-state index is 0.0782. The molecule has 0 aliphatic heterocycles. The molecule has 6 N–H and O–H groups in total. The van der Waals surface area contributed by atoms with Gasteiger partial charge in [0.05, 0.1) is 90.0 Å². The molecule has 0 aliphatic rings. The number of rotatable bonds is 12. The summed E-state index contributed by atoms with van der Waals surface area (Å²) in [4.78, 5) is 49.2. The van der Waals surface area contributed by atoms with Crippen molar-refractivity contribution >= 4 is 108 Å². The van der Waals surface area contributed by atoms with Crippen molar-refractivity contribution in [1.29, 1.82) is 0 Å². The zero-order valence-corrected chi connectivity index (χ0v) is 60.7. The van der Waals surface area contributed by atoms with Gasteiger partial charge in [0.15, 0.2) is 75.0 Å². The highest BCUT2D eigenvalue weighted by atomic mass is 35.5. The Morgan fingerprint density at radius 2 is 0.637 bits per heavy atom. The van der Waals surface area contributed by atoms with Gasteiger partial charge >= 0.3 is 0 Å². The molecule has 24 nitrogen and oxygen atoms in total. The zero-order valence-electron chi connectivity index (χ0n) is 57.6. The molecule has 20 rings (SSSR count). The summed E-state index contributed by atoms with van der Waals surface area (Å²) >= 11 is 24.8. The summed E-state index contributed by atoms with van der Waals surface area (Å²) in [5.41, 5.74) is 12.6. The second-order valence-corrected chi connectivity index (χ2v) is 25.7. The average Bonchev–Trinajstić information content (AvgIpc) is 1.72. The Bertz CT molecular complexity index is 6210. The van der Waals surface area contributed by atoms with Gasteiger partial charge in [-0.1, -0.05) is 133 Å². The molecular formula is C79H47Cl4F6N19O5. The van der Waals surface area contributed by atoms with Crippen LogP contribution in [0.15, 0.2) is 243 Å². The van der Waals surface area contributed by atoms with E-state index in [-0.39, 0.29) is 16.7 Å². The molecule has 34 heteroatoms. The van der Waals surface area contributed by atoms with E-state index in [0.717, 1.165) is 68.0 Å². The number of nitrogens with one attached hydrogen (secondary N) is 6. The average molecular weight is 1600 g/mol. The number of hydrogen-bond donors (Lipinski definition) is 6. The Kier molecular flexibility index (Phi) is 20.6. The number of H-pyrrole nitrogens is 5. The fraction of sp³-hybridized carbons (Fsp3) is 0.0253. The molecule has 0 aliphatic carbocycles. The predicted molar refractivity (Wildman–Crippen MR) is 412 cm³/mol. The van der Waals surface area contributed by atoms with Crippen molar-refractivity contribution < 1.29 is 49.0 Å². The quantitative estimate of drug-likeness (QED) is 0.0619. The molecule has 5 aromatic carbocycles. The SMILES string of the molecule is CCNc1ncc2c(-c3oncc3-c3cccc(F)c3F)c[nH]c2n1.Clc1cccc(-c2cnoc2-c2c[nH]c3ncccc23)c1Cl.Clc1cccc(-c2cnoc2-c2c[nH]c3nccnc23)c1Cl.Fc1cccc(-c2cnoc2-c2c[nH]c3ncccc23)c1F.Fc1cccc(-c2cnoc2-c2c[nH]c3nccnc23)c1F. The van der Waals surface area contributed by atoms with Crippen molar-refractivity contribution in [2.75, 3.05) is 11.9 Å². The zero-order chi connectivity index (χ0) is 77.8. The lowest BCUT2D eigenvalue weighted by molar-refractivity contribution is 0.432. The Hall–Kier alpha value is -14.1. The normalized spacial score (nSPS) is 11.2. The molecule has 0 bridgehead atoms. The van der Waals surface area contributed by atoms with Gasteiger partial charge in [0.25, 0.3) is 0 Å². The summed E-state index contributed by atoms with van der Waals surface area (Å²) in [6, 6.07) is 30.3. The third-order valence-corrected chi connectivity index (χ3v) is 19.2. The minimum atomic E-state index is -0.947. The van der Waals surface area contributed by atoms with Gasteiger partial charge in [-0.2, -0.15) is 4.98 Å². The fourth-order valence-electron chi connectivity index (χ4n) is 12.4. The number of halogens is 10. The van der Waals surface area contributed by atoms with E-state index < -0.39 is 34.9 Å². The molecule has 0 atom stereocenters. The fourth-order valence-corrected chi connectivity index (χ4v) is 13.2. The first-order valence-corrected chi connectivity index (χ1v) is 35.2. The highest BCUT2D eigenvalue weighted by Gasteiger charge is 2.27. The highest BCUT2D eigenvalue weighted by molar-refractivity contribution is 6.44. The monoisotopic (exact) mass is 1600 g/mol. The van der Waals surface area contributed by atoms with E-state index in [2.05, 4.69) is 95.9 Å². The van der Waals surface area contributed by atoms with Crippen LogP contribution in [0.4, 0.5) is 32.3 Å². The van der Waals surface area contributed by atoms with Gasteiger partial charge in [0.2, 0.25) is 5.95 Å². The molecule has 558 valence electrons. The number of hydrogen-bond acceptors (Lipinski definition) is 19. The van der Waals surface area contributed by atoms with E-state index in [4.69, 9.17) is 69.0 Å². The predicted octanol–water partition coefficient (Wildman–Crippen LogP) is 21.5. The van der Waals surface area contributed by atoms with E-state index in [9.17, 15) is 26.3 Å². The highest BCUT2D eigenvalue weighted by Crippen LogP contribution is 2.45. The molecule has 15 heterocycles. The van der Waals surface area contributed by atoms with Crippen LogP contribution in [-0.2, 0) is 0 Å². The third-order valence-electron chi connectivity index (χ3n) is 17.6. The maximum absolute atomic E-state index is 14.2. The van der Waals surface area contributed by atoms with Crippen LogP contribution in [0, 0.1) is 34.9 Å². The summed E-state index contributed by atoms with van der Waals surface area (Å²) in [7, 11) is 0. The van der Waals surface area contributed by atoms with Crippen molar-refractivity contribution in [2.24, 2.45) is 0 Å². The van der Waals surface area contributed by atoms with Crippen molar-refractivity contribution in [3.63, 3.8) is 0 Å². The number of anilines is 1. The van der Waals surface area contributed by atoms with Gasteiger partial charge in [0.1, 0.15) is 28.0 Å². The second-order valence-electron chi connectivity index (χ2n) is 24.2. The first kappa shape index (κ1) is 73.1. The molecule has 0 amide bonds. The lowest BCUT2D eigenvalue weighted by Gasteiger charge is -2.04. The number of fused-ring (bicyclic) bond motifs is 5. The molecule has 0 saturated heterocycles. The molecule has 0 saturated carbocycles. The van der Waals surface area contributed by atoms with E-state index >= 15 is 0 Å². The van der Waals surface area contributed by atoms with Crippen LogP contribution in [0.2, 0.25) is 20.1 Å². The summed E-state index contributed by atoms with van der Waals surface area (Å²) < 4.78 is 109. The van der Waals surface area contributed by atoms with Gasteiger partial charge < -0.3 is 52.9 Å². The maximum Gasteiger partial charge on any atom is 0.224 e. The van der Waals surface area contributed by atoms with Gasteiger partial charge in [-0.05, 0) is 61.5 Å². The molecule has 0 radical (unpaired) electrons. The molecule has 15 aromatic heterocycles. The van der Waals surface area contributed by atoms with E-state index in [1.165, 1.54) is 55.0 Å². The van der Waals surface area contributed by atoms with Crippen molar-refractivity contribution in [2.45, 2.75) is 6.92 Å². The lowest BCUT2D eigenvalue weighted by atomic mass is 10.0. The van der Waals surface area contributed by atoms with Crippen LogP contribution >= 0.6 is 46.4 Å². The van der Waals surface area contributed by atoms with E-state index in [1.807, 2.05) is 55.6 Å². The minimum Gasteiger partial charge on any atom is -0.356 e. The van der Waals surface area contributed by atoms with E-state index in [0.29, 0.717) is 134 Å². The first-order valence-electron chi connectivity index (χ1n) is 33.7. The number of pyridine rings is 2. The lowest BCUT2D eigenvalue weighted by Crippen LogP contribution is -2.01. The van der Waals surface area contributed by atoms with Crippen LogP contribution in [0.25, 0.3) is 168 Å². The summed E-state index contributed by atoms with van der Waals surface area (Å²) in [5.74, 6) is -2.91. The van der Waals surface area contributed by atoms with Crippen LogP contribution in [0.1, 0.15) is 6.92 Å². The van der Waals surface area contributed by atoms with Crippen LogP contribution in [0.3, 0.4) is 0 Å². The van der Waals surface area contributed by atoms with Gasteiger partial charge in [-0.3, -0.25) is 9.97 Å². The molecule has 20 aromatic rings. The number of benzene rings is 5. The number of aromatic amines is 5. The Morgan fingerprint density at radius 3 is 1.04 bits per heavy atom. The topological polar surface area (TPSA) is 324 Å². The van der Waals surface area contributed by atoms with E-state index in [1.54, 1.807) is 98.8 Å². The van der Waals surface area contributed by atoms with Crippen molar-refractivity contribution in [3.8, 4) is 112 Å². The Labute approximate surface area is 650 Å².